The molecule has 2 amide bonds. The summed E-state index contributed by atoms with van der Waals surface area (Å²) in [6.07, 6.45) is 4.38. The summed E-state index contributed by atoms with van der Waals surface area (Å²) >= 11 is 0. The van der Waals surface area contributed by atoms with Gasteiger partial charge in [0.2, 0.25) is 11.8 Å². The van der Waals surface area contributed by atoms with Gasteiger partial charge in [-0.2, -0.15) is 0 Å². The predicted molar refractivity (Wildman–Crippen MR) is 152 cm³/mol. The predicted octanol–water partition coefficient (Wildman–Crippen LogP) is 1.81. The van der Waals surface area contributed by atoms with Crippen LogP contribution >= 0.6 is 0 Å². The number of carbonyl (C=O) groups excluding carboxylic acids is 2. The molecule has 0 bridgehead atoms. The van der Waals surface area contributed by atoms with Crippen LogP contribution in [0.1, 0.15) is 31.2 Å². The van der Waals surface area contributed by atoms with E-state index in [4.69, 9.17) is 5.73 Å². The largest absolute Gasteiger partial charge is 0.392 e. The second kappa shape index (κ2) is 12.7. The molecule has 6 N–H and O–H groups in total. The lowest BCUT2D eigenvalue weighted by Gasteiger charge is -2.32. The highest BCUT2D eigenvalue weighted by Gasteiger charge is 2.42. The fourth-order valence-corrected chi connectivity index (χ4v) is 5.56. The van der Waals surface area contributed by atoms with Crippen LogP contribution in [0.15, 0.2) is 66.9 Å². The van der Waals surface area contributed by atoms with Gasteiger partial charge in [-0.15, -0.1) is 0 Å². The summed E-state index contributed by atoms with van der Waals surface area (Å²) in [6, 6.07) is 18.5. The van der Waals surface area contributed by atoms with E-state index >= 15 is 0 Å². The first-order chi connectivity index (χ1) is 19.0. The van der Waals surface area contributed by atoms with Gasteiger partial charge in [0.1, 0.15) is 6.04 Å². The van der Waals surface area contributed by atoms with Crippen LogP contribution in [0.2, 0.25) is 0 Å². The van der Waals surface area contributed by atoms with Crippen molar-refractivity contribution in [3.8, 4) is 0 Å². The molecule has 2 aliphatic heterocycles. The first-order valence-corrected chi connectivity index (χ1v) is 13.9. The summed E-state index contributed by atoms with van der Waals surface area (Å²) in [7, 11) is 0. The van der Waals surface area contributed by atoms with Crippen LogP contribution in [0, 0.1) is 0 Å². The Morgan fingerprint density at radius 1 is 1.13 bits per heavy atom. The Hall–Kier alpha value is -3.37. The maximum atomic E-state index is 13.6. The molecule has 5 rings (SSSR count). The first kappa shape index (κ1) is 27.2. The van der Waals surface area contributed by atoms with Crippen molar-refractivity contribution in [2.24, 2.45) is 5.73 Å². The topological polar surface area (TPSA) is 133 Å². The number of nitrogens with zero attached hydrogens (tertiary/aromatic N) is 2. The average molecular weight is 531 g/mol. The van der Waals surface area contributed by atoms with Gasteiger partial charge in [-0.1, -0.05) is 48.5 Å². The molecule has 9 heteroatoms. The van der Waals surface area contributed by atoms with Gasteiger partial charge < -0.3 is 31.7 Å². The van der Waals surface area contributed by atoms with Gasteiger partial charge in [-0.25, -0.2) is 0 Å². The van der Waals surface area contributed by atoms with Gasteiger partial charge in [0.15, 0.2) is 0 Å². The number of anilines is 1. The molecule has 9 nitrogen and oxygen atoms in total. The van der Waals surface area contributed by atoms with Crippen molar-refractivity contribution < 1.29 is 14.7 Å². The summed E-state index contributed by atoms with van der Waals surface area (Å²) < 4.78 is 0. The number of carbonyl (C=O) groups is 2. The lowest BCUT2D eigenvalue weighted by Crippen LogP contribution is -2.55. The van der Waals surface area contributed by atoms with Crippen LogP contribution in [0.25, 0.3) is 10.9 Å². The van der Waals surface area contributed by atoms with E-state index < -0.39 is 18.2 Å². The Labute approximate surface area is 229 Å². The molecule has 1 aromatic heterocycles. The Morgan fingerprint density at radius 3 is 2.74 bits per heavy atom. The number of aromatic nitrogens is 1. The molecule has 0 aliphatic carbocycles. The van der Waals surface area contributed by atoms with Crippen LogP contribution in [0.4, 0.5) is 5.69 Å². The molecule has 2 saturated heterocycles. The zero-order chi connectivity index (χ0) is 27.2. The van der Waals surface area contributed by atoms with E-state index in [2.05, 4.69) is 33.1 Å². The second-order valence-electron chi connectivity index (χ2n) is 10.7. The number of aryl methyl sites for hydroxylation is 1. The zero-order valence-electron chi connectivity index (χ0n) is 22.1. The van der Waals surface area contributed by atoms with Crippen molar-refractivity contribution in [2.45, 2.75) is 62.4 Å². The minimum absolute atomic E-state index is 0.0348. The van der Waals surface area contributed by atoms with Crippen LogP contribution in [0.5, 0.6) is 0 Å². The number of aliphatic hydroxyl groups is 1. The number of nitrogens with one attached hydrogen (secondary N) is 3. The molecule has 0 spiro atoms. The number of hydrogen-bond donors (Lipinski definition) is 5. The summed E-state index contributed by atoms with van der Waals surface area (Å²) in [6.45, 7) is 1.47. The van der Waals surface area contributed by atoms with Crippen molar-refractivity contribution in [1.29, 1.82) is 0 Å². The zero-order valence-corrected chi connectivity index (χ0v) is 22.1. The second-order valence-corrected chi connectivity index (χ2v) is 10.7. The van der Waals surface area contributed by atoms with E-state index in [1.54, 1.807) is 11.1 Å². The van der Waals surface area contributed by atoms with Gasteiger partial charge in [0, 0.05) is 30.6 Å². The maximum absolute atomic E-state index is 13.6. The number of rotatable bonds is 9. The van der Waals surface area contributed by atoms with Gasteiger partial charge in [0.05, 0.1) is 29.5 Å². The van der Waals surface area contributed by atoms with E-state index in [0.717, 1.165) is 23.7 Å². The molecular weight excluding hydrogens is 492 g/mol. The van der Waals surface area contributed by atoms with E-state index in [0.29, 0.717) is 44.6 Å². The minimum atomic E-state index is -0.636. The Kier molecular flexibility index (Phi) is 8.83. The van der Waals surface area contributed by atoms with Crippen molar-refractivity contribution in [2.75, 3.05) is 25.0 Å². The summed E-state index contributed by atoms with van der Waals surface area (Å²) in [5.74, 6) is -0.342. The van der Waals surface area contributed by atoms with Gasteiger partial charge in [-0.3, -0.25) is 14.6 Å². The van der Waals surface area contributed by atoms with E-state index in [1.165, 1.54) is 5.56 Å². The van der Waals surface area contributed by atoms with E-state index in [-0.39, 0.29) is 23.9 Å². The molecule has 3 aromatic rings. The quantitative estimate of drug-likeness (QED) is 0.285. The number of pyridine rings is 1. The van der Waals surface area contributed by atoms with Crippen LogP contribution < -0.4 is 21.7 Å². The normalized spacial score (nSPS) is 24.0. The fourth-order valence-electron chi connectivity index (χ4n) is 5.56. The maximum Gasteiger partial charge on any atom is 0.247 e. The van der Waals surface area contributed by atoms with Crippen LogP contribution in [-0.4, -0.2) is 76.7 Å². The number of aliphatic hydroxyl groups excluding tert-OH is 1. The highest BCUT2D eigenvalue weighted by molar-refractivity contribution is 5.99. The Balaban J connectivity index is 1.24. The van der Waals surface area contributed by atoms with Crippen molar-refractivity contribution in [1.82, 2.24) is 20.5 Å². The molecule has 5 atom stereocenters. The number of amides is 2. The number of para-hydroxylation sites is 1. The molecule has 206 valence electrons. The van der Waals surface area contributed by atoms with Crippen molar-refractivity contribution in [3.63, 3.8) is 0 Å². The molecule has 2 fully saturated rings. The third-order valence-electron chi connectivity index (χ3n) is 7.74. The number of benzene rings is 2. The lowest BCUT2D eigenvalue weighted by molar-refractivity contribution is -0.139. The third-order valence-corrected chi connectivity index (χ3v) is 7.74. The number of fused-ring (bicyclic) bond motifs is 1. The number of nitrogens with two attached hydrogens (primary N) is 1. The monoisotopic (exact) mass is 530 g/mol. The molecule has 2 aromatic carbocycles. The minimum Gasteiger partial charge on any atom is -0.392 e. The van der Waals surface area contributed by atoms with Crippen LogP contribution in [-0.2, 0) is 16.0 Å². The number of likely N-dealkylation sites (tertiary alicyclic amines) is 1. The van der Waals surface area contributed by atoms with Crippen molar-refractivity contribution >= 4 is 28.4 Å². The van der Waals surface area contributed by atoms with E-state index in [1.807, 2.05) is 48.5 Å². The molecule has 0 saturated carbocycles. The van der Waals surface area contributed by atoms with Crippen molar-refractivity contribution in [3.05, 3.63) is 72.4 Å². The first-order valence-electron chi connectivity index (χ1n) is 13.9. The third kappa shape index (κ3) is 6.99. The van der Waals surface area contributed by atoms with Gasteiger partial charge in [-0.05, 0) is 56.3 Å². The molecule has 39 heavy (non-hydrogen) atoms. The molecule has 3 heterocycles. The SMILES string of the molecule is N[C@H]1CCN[C@H](C(=O)N2C[C@H](NC[C@H](O)CCc3ccccc3)C[C@H]2C(=O)Nc2cnc3ccccc3c2)C1. The summed E-state index contributed by atoms with van der Waals surface area (Å²) in [5, 5.41) is 21.2. The van der Waals surface area contributed by atoms with Crippen LogP contribution in [0.3, 0.4) is 0 Å². The number of hydrogen-bond acceptors (Lipinski definition) is 7. The molecular formula is C30H38N6O3. The molecule has 2 aliphatic rings. The van der Waals surface area contributed by atoms with E-state index in [9.17, 15) is 14.7 Å². The summed E-state index contributed by atoms with van der Waals surface area (Å²) in [5.41, 5.74) is 8.78. The Bertz CT molecular complexity index is 1270. The highest BCUT2D eigenvalue weighted by atomic mass is 16.3. The standard InChI is InChI=1S/C30H38N6O3/c31-22-12-13-32-27(15-22)30(39)36-19-24(33-18-25(37)11-10-20-6-2-1-3-7-20)16-28(36)29(38)35-23-14-21-8-4-5-9-26(21)34-17-23/h1-9,14,17,22,24-25,27-28,32-33,37H,10-13,15-16,18-19,31H2,(H,35,38)/t22-,24+,25+,27-,28-/m0/s1. The molecule has 0 radical (unpaired) electrons. The van der Waals surface area contributed by atoms with Gasteiger partial charge >= 0.3 is 0 Å². The molecule has 0 unspecified atom stereocenters. The fraction of sp³-hybridized carbons (Fsp3) is 0.433. The number of piperidine rings is 1. The lowest BCUT2D eigenvalue weighted by atomic mass is 9.99. The smallest absolute Gasteiger partial charge is 0.247 e. The van der Waals surface area contributed by atoms with Gasteiger partial charge in [0.25, 0.3) is 0 Å². The summed E-state index contributed by atoms with van der Waals surface area (Å²) in [4.78, 5) is 33.2. The highest BCUT2D eigenvalue weighted by Crippen LogP contribution is 2.24. The average Bonchev–Trinajstić information content (AvgIpc) is 3.39. The Morgan fingerprint density at radius 2 is 1.92 bits per heavy atom.